The van der Waals surface area contributed by atoms with E-state index in [4.69, 9.17) is 15.9 Å². The normalized spacial score (nSPS) is 15.0. The average molecular weight is 437 g/mol. The van der Waals surface area contributed by atoms with Crippen molar-refractivity contribution in [2.45, 2.75) is 20.3 Å². The van der Waals surface area contributed by atoms with E-state index in [2.05, 4.69) is 15.1 Å². The lowest BCUT2D eigenvalue weighted by Gasteiger charge is -2.29. The molecule has 0 saturated carbocycles. The molecule has 2 aromatic carbocycles. The fraction of sp³-hybridized carbons (Fsp3) is 0.348. The molecule has 1 saturated heterocycles. The average Bonchev–Trinajstić information content (AvgIpc) is 3.20. The third-order valence-corrected chi connectivity index (χ3v) is 5.93. The van der Waals surface area contributed by atoms with Gasteiger partial charge < -0.3 is 31.0 Å². The number of morpholine rings is 1. The predicted octanol–water partition coefficient (Wildman–Crippen LogP) is 3.18. The van der Waals surface area contributed by atoms with Crippen molar-refractivity contribution in [2.75, 3.05) is 36.9 Å². The van der Waals surface area contributed by atoms with Crippen molar-refractivity contribution in [3.8, 4) is 28.8 Å². The van der Waals surface area contributed by atoms with Gasteiger partial charge in [-0.3, -0.25) is 0 Å². The Kier molecular flexibility index (Phi) is 6.00. The van der Waals surface area contributed by atoms with Crippen LogP contribution in [0.25, 0.3) is 17.1 Å². The van der Waals surface area contributed by atoms with E-state index >= 15 is 0 Å². The Morgan fingerprint density at radius 2 is 1.78 bits per heavy atom. The summed E-state index contributed by atoms with van der Waals surface area (Å²) in [5, 5.41) is 37.4. The number of hydrogen-bond donors (Lipinski definition) is 4. The van der Waals surface area contributed by atoms with Crippen LogP contribution in [0.1, 0.15) is 25.8 Å². The van der Waals surface area contributed by atoms with Crippen LogP contribution in [0.15, 0.2) is 36.4 Å². The second-order valence-electron chi connectivity index (χ2n) is 7.95. The molecule has 5 N–H and O–H groups in total. The van der Waals surface area contributed by atoms with E-state index in [1.54, 1.807) is 6.07 Å². The minimum absolute atomic E-state index is 0.00805. The molecule has 32 heavy (non-hydrogen) atoms. The van der Waals surface area contributed by atoms with Crippen molar-refractivity contribution in [3.05, 3.63) is 42.0 Å². The Balaban J connectivity index is 1.74. The summed E-state index contributed by atoms with van der Waals surface area (Å²) in [6, 6.07) is 10.4. The summed E-state index contributed by atoms with van der Waals surface area (Å²) < 4.78 is 6.87. The standard InChI is InChI=1S/C23H28N6O3/c1-3-14(2)21(25)17-12-18(20(30)13-19(17)24)22-26-27-23(31)29(22)16-6-4-15(5-7-16)28-8-10-32-11-9-28/h4-7,12-14,25,30H,3,8-11,24H2,1-2H3,(H,27,31). The second-order valence-corrected chi connectivity index (χ2v) is 7.95. The van der Waals surface area contributed by atoms with Gasteiger partial charge >= 0.3 is 6.01 Å². The zero-order valence-electron chi connectivity index (χ0n) is 18.2. The van der Waals surface area contributed by atoms with Crippen LogP contribution in [-0.4, -0.2) is 57.0 Å². The summed E-state index contributed by atoms with van der Waals surface area (Å²) in [4.78, 5) is 2.23. The van der Waals surface area contributed by atoms with E-state index in [-0.39, 0.29) is 23.5 Å². The van der Waals surface area contributed by atoms with Gasteiger partial charge in [0.15, 0.2) is 5.82 Å². The fourth-order valence-electron chi connectivity index (χ4n) is 3.81. The highest BCUT2D eigenvalue weighted by molar-refractivity contribution is 6.05. The summed E-state index contributed by atoms with van der Waals surface area (Å²) in [5.74, 6) is 0.174. The molecular formula is C23H28N6O3. The largest absolute Gasteiger partial charge is 0.507 e. The van der Waals surface area contributed by atoms with Crippen molar-refractivity contribution in [2.24, 2.45) is 5.92 Å². The minimum atomic E-state index is -0.297. The number of phenols is 1. The van der Waals surface area contributed by atoms with Crippen molar-refractivity contribution < 1.29 is 14.9 Å². The molecule has 1 unspecified atom stereocenters. The zero-order valence-corrected chi connectivity index (χ0v) is 18.2. The van der Waals surface area contributed by atoms with Gasteiger partial charge in [-0.15, -0.1) is 5.10 Å². The quantitative estimate of drug-likeness (QED) is 0.344. The summed E-state index contributed by atoms with van der Waals surface area (Å²) >= 11 is 0. The molecule has 3 aromatic rings. The van der Waals surface area contributed by atoms with E-state index in [1.165, 1.54) is 10.6 Å². The smallest absolute Gasteiger partial charge is 0.319 e. The molecule has 9 heteroatoms. The Bertz CT molecular complexity index is 1120. The number of aromatic nitrogens is 3. The molecule has 1 fully saturated rings. The Labute approximate surface area is 186 Å². The molecule has 0 aliphatic carbocycles. The minimum Gasteiger partial charge on any atom is -0.507 e. The van der Waals surface area contributed by atoms with Gasteiger partial charge in [0.25, 0.3) is 0 Å². The summed E-state index contributed by atoms with van der Waals surface area (Å²) in [7, 11) is 0. The summed E-state index contributed by atoms with van der Waals surface area (Å²) in [6.07, 6.45) is 0.793. The Hall–Kier alpha value is -3.59. The number of nitrogens with one attached hydrogen (secondary N) is 1. The van der Waals surface area contributed by atoms with E-state index < -0.39 is 0 Å². The number of anilines is 2. The molecule has 1 aliphatic rings. The van der Waals surface area contributed by atoms with Gasteiger partial charge in [-0.2, -0.15) is 0 Å². The highest BCUT2D eigenvalue weighted by atomic mass is 16.5. The number of nitrogen functional groups attached to an aromatic ring is 1. The first-order valence-electron chi connectivity index (χ1n) is 10.7. The number of nitrogens with two attached hydrogens (primary N) is 1. The lowest BCUT2D eigenvalue weighted by molar-refractivity contribution is 0.122. The molecule has 0 bridgehead atoms. The maximum atomic E-state index is 10.6. The summed E-state index contributed by atoms with van der Waals surface area (Å²) in [5.41, 5.74) is 9.38. The highest BCUT2D eigenvalue weighted by Gasteiger charge is 2.22. The molecule has 2 heterocycles. The fourth-order valence-corrected chi connectivity index (χ4v) is 3.81. The first-order chi connectivity index (χ1) is 15.4. The SMILES string of the molecule is CCC(C)C(=N)c1cc(-c2nnc(O)n2-c2ccc(N3CCOCC3)cc2)c(O)cc1N. The lowest BCUT2D eigenvalue weighted by atomic mass is 9.93. The van der Waals surface area contributed by atoms with Crippen molar-refractivity contribution in [3.63, 3.8) is 0 Å². The molecule has 9 nitrogen and oxygen atoms in total. The maximum absolute atomic E-state index is 10.6. The number of nitrogens with zero attached hydrogens (tertiary/aromatic N) is 4. The molecule has 1 atom stereocenters. The van der Waals surface area contributed by atoms with E-state index in [0.29, 0.717) is 41.4 Å². The van der Waals surface area contributed by atoms with Crippen LogP contribution in [-0.2, 0) is 4.74 Å². The maximum Gasteiger partial charge on any atom is 0.319 e. The lowest BCUT2D eigenvalue weighted by Crippen LogP contribution is -2.36. The van der Waals surface area contributed by atoms with Crippen LogP contribution in [0.3, 0.4) is 0 Å². The number of benzene rings is 2. The molecule has 0 spiro atoms. The number of hydrogen-bond acceptors (Lipinski definition) is 8. The third kappa shape index (κ3) is 3.99. The monoisotopic (exact) mass is 436 g/mol. The van der Waals surface area contributed by atoms with Crippen molar-refractivity contribution >= 4 is 17.1 Å². The van der Waals surface area contributed by atoms with E-state index in [9.17, 15) is 10.2 Å². The van der Waals surface area contributed by atoms with Gasteiger partial charge in [0.1, 0.15) is 5.75 Å². The van der Waals surface area contributed by atoms with Crippen LogP contribution in [0.2, 0.25) is 0 Å². The van der Waals surface area contributed by atoms with E-state index in [0.717, 1.165) is 25.2 Å². The predicted molar refractivity (Wildman–Crippen MR) is 124 cm³/mol. The van der Waals surface area contributed by atoms with Gasteiger partial charge in [-0.05, 0) is 42.7 Å². The molecule has 1 aromatic heterocycles. The number of ether oxygens (including phenoxy) is 1. The summed E-state index contributed by atoms with van der Waals surface area (Å²) in [6.45, 7) is 7.01. The van der Waals surface area contributed by atoms with Crippen LogP contribution in [0.4, 0.5) is 11.4 Å². The topological polar surface area (TPSA) is 134 Å². The Morgan fingerprint density at radius 1 is 1.12 bits per heavy atom. The molecule has 168 valence electrons. The third-order valence-electron chi connectivity index (χ3n) is 5.93. The molecule has 0 amide bonds. The van der Waals surface area contributed by atoms with Gasteiger partial charge in [0.05, 0.1) is 24.5 Å². The van der Waals surface area contributed by atoms with Gasteiger partial charge in [-0.1, -0.05) is 18.9 Å². The van der Waals surface area contributed by atoms with Crippen molar-refractivity contribution in [1.82, 2.24) is 14.8 Å². The van der Waals surface area contributed by atoms with Gasteiger partial charge in [0, 0.05) is 41.8 Å². The molecule has 0 radical (unpaired) electrons. The van der Waals surface area contributed by atoms with Crippen LogP contribution in [0.5, 0.6) is 11.8 Å². The van der Waals surface area contributed by atoms with Crippen LogP contribution >= 0.6 is 0 Å². The van der Waals surface area contributed by atoms with Crippen LogP contribution in [0, 0.1) is 11.3 Å². The van der Waals surface area contributed by atoms with Crippen LogP contribution < -0.4 is 10.6 Å². The van der Waals surface area contributed by atoms with Gasteiger partial charge in [-0.25, -0.2) is 4.57 Å². The molecule has 1 aliphatic heterocycles. The number of phenolic OH excluding ortho intramolecular Hbond substituents is 1. The number of rotatable bonds is 6. The van der Waals surface area contributed by atoms with Gasteiger partial charge in [0.2, 0.25) is 0 Å². The number of aromatic hydroxyl groups is 2. The zero-order chi connectivity index (χ0) is 22.8. The Morgan fingerprint density at radius 3 is 2.44 bits per heavy atom. The first kappa shape index (κ1) is 21.6. The second kappa shape index (κ2) is 8.88. The molecular weight excluding hydrogens is 408 g/mol. The van der Waals surface area contributed by atoms with E-state index in [1.807, 2.05) is 38.1 Å². The highest BCUT2D eigenvalue weighted by Crippen LogP contribution is 2.36. The first-order valence-corrected chi connectivity index (χ1v) is 10.7. The molecule has 4 rings (SSSR count). The van der Waals surface area contributed by atoms with Crippen molar-refractivity contribution in [1.29, 1.82) is 5.41 Å².